The molecule has 0 radical (unpaired) electrons. The highest BCUT2D eigenvalue weighted by Gasteiger charge is 2.61. The summed E-state index contributed by atoms with van der Waals surface area (Å²) in [5.41, 5.74) is 8.44. The van der Waals surface area contributed by atoms with Gasteiger partial charge in [-0.25, -0.2) is 0 Å². The lowest BCUT2D eigenvalue weighted by molar-refractivity contribution is 0.300. The zero-order valence-corrected chi connectivity index (χ0v) is 22.5. The van der Waals surface area contributed by atoms with Crippen molar-refractivity contribution in [2.24, 2.45) is 33.6 Å². The van der Waals surface area contributed by atoms with Gasteiger partial charge in [0.25, 0.3) is 0 Å². The Labute approximate surface area is 206 Å². The van der Waals surface area contributed by atoms with Crippen LogP contribution in [0.2, 0.25) is 0 Å². The van der Waals surface area contributed by atoms with E-state index in [0.29, 0.717) is 16.7 Å². The minimum atomic E-state index is 0.376. The first-order valence-corrected chi connectivity index (χ1v) is 13.3. The zero-order chi connectivity index (χ0) is 23.7. The van der Waals surface area contributed by atoms with Crippen molar-refractivity contribution in [3.8, 4) is 0 Å². The van der Waals surface area contributed by atoms with Crippen LogP contribution in [0.25, 0.3) is 0 Å². The maximum absolute atomic E-state index is 5.18. The van der Waals surface area contributed by atoms with Crippen LogP contribution in [0.4, 0.5) is 11.4 Å². The number of allylic oxidation sites excluding steroid dienone is 3. The molecule has 5 rings (SSSR count). The fourth-order valence-electron chi connectivity index (χ4n) is 6.33. The highest BCUT2D eigenvalue weighted by atomic mass is 32.1. The van der Waals surface area contributed by atoms with E-state index in [-0.39, 0.29) is 0 Å². The van der Waals surface area contributed by atoms with E-state index in [2.05, 4.69) is 82.6 Å². The van der Waals surface area contributed by atoms with Gasteiger partial charge < -0.3 is 9.80 Å². The summed E-state index contributed by atoms with van der Waals surface area (Å²) < 4.78 is 0. The van der Waals surface area contributed by atoms with E-state index in [1.807, 2.05) is 0 Å². The van der Waals surface area contributed by atoms with E-state index in [4.69, 9.17) is 17.6 Å². The summed E-state index contributed by atoms with van der Waals surface area (Å²) in [4.78, 5) is 11.3. The maximum atomic E-state index is 5.18. The molecule has 0 N–H and O–H groups in total. The smallest absolute Gasteiger partial charge is 0.0797 e. The molecule has 1 aromatic rings. The second-order valence-corrected chi connectivity index (χ2v) is 12.7. The van der Waals surface area contributed by atoms with Gasteiger partial charge in [-0.15, -0.1) is 12.6 Å². The number of aryl methyl sites for hydroxylation is 1. The molecule has 3 fully saturated rings. The number of hydrogen-bond donors (Lipinski definition) is 1. The van der Waals surface area contributed by atoms with Crippen molar-refractivity contribution in [1.29, 1.82) is 0 Å². The molecule has 2 saturated heterocycles. The fourth-order valence-corrected chi connectivity index (χ4v) is 6.69. The highest BCUT2D eigenvalue weighted by Crippen LogP contribution is 2.62. The van der Waals surface area contributed by atoms with Gasteiger partial charge in [-0.1, -0.05) is 47.6 Å². The van der Waals surface area contributed by atoms with Crippen molar-refractivity contribution in [3.63, 3.8) is 0 Å². The van der Waals surface area contributed by atoms with E-state index in [0.717, 1.165) is 48.3 Å². The number of fused-ring (bicyclic) bond motifs is 1. The summed E-state index contributed by atoms with van der Waals surface area (Å²) in [6.45, 7) is 21.1. The molecule has 0 aromatic heterocycles. The van der Waals surface area contributed by atoms with E-state index >= 15 is 0 Å². The Balaban J connectivity index is 1.35. The van der Waals surface area contributed by atoms with Crippen LogP contribution in [0.15, 0.2) is 45.4 Å². The van der Waals surface area contributed by atoms with Gasteiger partial charge in [0.1, 0.15) is 0 Å². The minimum absolute atomic E-state index is 0.376. The second-order valence-electron chi connectivity index (χ2n) is 12.3. The predicted octanol–water partition coefficient (Wildman–Crippen LogP) is 7.05. The quantitative estimate of drug-likeness (QED) is 0.482. The third-order valence-electron chi connectivity index (χ3n) is 9.37. The summed E-state index contributed by atoms with van der Waals surface area (Å²) in [5, 5.41) is 0. The lowest BCUT2D eigenvalue weighted by atomic mass is 9.84. The predicted molar refractivity (Wildman–Crippen MR) is 144 cm³/mol. The average molecular weight is 464 g/mol. The molecule has 178 valence electrons. The van der Waals surface area contributed by atoms with Crippen LogP contribution in [-0.2, 0) is 0 Å². The third kappa shape index (κ3) is 3.96. The first-order chi connectivity index (χ1) is 15.5. The number of piperidine rings is 1. The molecule has 4 aliphatic rings. The molecule has 3 unspecified atom stereocenters. The van der Waals surface area contributed by atoms with Gasteiger partial charge in [0, 0.05) is 54.6 Å². The number of thiol groups is 1. The largest absolute Gasteiger partial charge is 0.371 e. The minimum Gasteiger partial charge on any atom is -0.371 e. The maximum Gasteiger partial charge on any atom is 0.0797 e. The topological polar surface area (TPSA) is 18.8 Å². The standard InChI is InChI=1S/C29H41N3S/c1-8-20-12-21(32-14-19(3)28(4,5)17-32)9-10-25(20)30-27-18(2)11-22(13-26(27)33)31-15-23-24(16-31)29(23,6)7/h9,11-13,19,23-24,33H,8,10,14-17H2,1-7H3. The van der Waals surface area contributed by atoms with Crippen molar-refractivity contribution in [1.82, 2.24) is 4.90 Å². The van der Waals surface area contributed by atoms with Gasteiger partial charge in [0.05, 0.1) is 5.69 Å². The van der Waals surface area contributed by atoms with Crippen LogP contribution < -0.4 is 4.90 Å². The number of anilines is 1. The summed E-state index contributed by atoms with van der Waals surface area (Å²) in [6.07, 6.45) is 6.68. The summed E-state index contributed by atoms with van der Waals surface area (Å²) in [5.74, 6) is 2.42. The molecule has 1 saturated carbocycles. The summed E-state index contributed by atoms with van der Waals surface area (Å²) in [7, 11) is 0. The van der Waals surface area contributed by atoms with Crippen LogP contribution in [0.3, 0.4) is 0 Å². The van der Waals surface area contributed by atoms with Crippen molar-refractivity contribution >= 4 is 29.7 Å². The Morgan fingerprint density at radius 2 is 1.76 bits per heavy atom. The molecule has 2 aliphatic carbocycles. The molecule has 0 spiro atoms. The number of hydrogen-bond acceptors (Lipinski definition) is 4. The first-order valence-electron chi connectivity index (χ1n) is 12.8. The highest BCUT2D eigenvalue weighted by molar-refractivity contribution is 7.80. The molecular formula is C29H41N3S. The van der Waals surface area contributed by atoms with Crippen LogP contribution in [0.5, 0.6) is 0 Å². The number of nitrogens with zero attached hydrogens (tertiary/aromatic N) is 3. The molecule has 3 atom stereocenters. The first kappa shape index (κ1) is 23.1. The molecule has 0 amide bonds. The summed E-state index contributed by atoms with van der Waals surface area (Å²) in [6, 6.07) is 4.56. The van der Waals surface area contributed by atoms with Crippen LogP contribution in [0.1, 0.15) is 59.9 Å². The van der Waals surface area contributed by atoms with Gasteiger partial charge in [-0.3, -0.25) is 4.99 Å². The van der Waals surface area contributed by atoms with E-state index < -0.39 is 0 Å². The van der Waals surface area contributed by atoms with E-state index in [1.54, 1.807) is 0 Å². The number of rotatable bonds is 4. The molecular weight excluding hydrogens is 422 g/mol. The van der Waals surface area contributed by atoms with Gasteiger partial charge in [-0.2, -0.15) is 0 Å². The molecule has 1 aromatic carbocycles. The Hall–Kier alpha value is -1.68. The van der Waals surface area contributed by atoms with Crippen molar-refractivity contribution in [2.45, 2.75) is 66.2 Å². The molecule has 33 heavy (non-hydrogen) atoms. The molecule has 4 heteroatoms. The SMILES string of the molecule is CCC1=CC(N2CC(C)C(C)(C)C2)=CCC1=Nc1c(C)cc(N2CC3C(C2)C3(C)C)cc1S. The Morgan fingerprint density at radius 1 is 1.06 bits per heavy atom. The summed E-state index contributed by atoms with van der Waals surface area (Å²) >= 11 is 4.90. The van der Waals surface area contributed by atoms with Crippen LogP contribution in [-0.4, -0.2) is 36.8 Å². The van der Waals surface area contributed by atoms with Crippen molar-refractivity contribution < 1.29 is 0 Å². The van der Waals surface area contributed by atoms with E-state index in [1.165, 1.54) is 41.3 Å². The van der Waals surface area contributed by atoms with Crippen molar-refractivity contribution in [3.05, 3.63) is 41.1 Å². The van der Waals surface area contributed by atoms with Gasteiger partial charge in [0.2, 0.25) is 0 Å². The van der Waals surface area contributed by atoms with Crippen molar-refractivity contribution in [2.75, 3.05) is 31.1 Å². The van der Waals surface area contributed by atoms with Crippen LogP contribution >= 0.6 is 12.6 Å². The monoisotopic (exact) mass is 463 g/mol. The molecule has 3 nitrogen and oxygen atoms in total. The van der Waals surface area contributed by atoms with Crippen LogP contribution in [0, 0.1) is 35.5 Å². The number of aliphatic imine (C=N–C) groups is 1. The van der Waals surface area contributed by atoms with Gasteiger partial charge in [-0.05, 0) is 71.3 Å². The van der Waals surface area contributed by atoms with E-state index in [9.17, 15) is 0 Å². The van der Waals surface area contributed by atoms with Gasteiger partial charge in [0.15, 0.2) is 0 Å². The Bertz CT molecular complexity index is 1020. The lowest BCUT2D eigenvalue weighted by Gasteiger charge is -2.27. The fraction of sp³-hybridized carbons (Fsp3) is 0.621. The molecule has 2 heterocycles. The lowest BCUT2D eigenvalue weighted by Crippen LogP contribution is -2.26. The second kappa shape index (κ2) is 7.93. The number of benzene rings is 1. The number of likely N-dealkylation sites (tertiary alicyclic amines) is 1. The Morgan fingerprint density at radius 3 is 2.33 bits per heavy atom. The zero-order valence-electron chi connectivity index (χ0n) is 21.6. The van der Waals surface area contributed by atoms with Gasteiger partial charge >= 0.3 is 0 Å². The third-order valence-corrected chi connectivity index (χ3v) is 9.71. The Kier molecular flexibility index (Phi) is 5.55. The molecule has 0 bridgehead atoms. The normalized spacial score (nSPS) is 31.0. The average Bonchev–Trinajstić information content (AvgIpc) is 3.08. The molecule has 2 aliphatic heterocycles.